The molecule has 21 heavy (non-hydrogen) atoms. The van der Waals surface area contributed by atoms with Gasteiger partial charge in [-0.3, -0.25) is 4.98 Å². The van der Waals surface area contributed by atoms with E-state index < -0.39 is 10.0 Å². The predicted molar refractivity (Wildman–Crippen MR) is 77.6 cm³/mol. The number of hydrogen-bond donors (Lipinski definition) is 0. The molecule has 6 nitrogen and oxygen atoms in total. The van der Waals surface area contributed by atoms with E-state index in [1.54, 1.807) is 16.7 Å². The van der Waals surface area contributed by atoms with E-state index >= 15 is 0 Å². The molecule has 2 fully saturated rings. The third-order valence-electron chi connectivity index (χ3n) is 4.08. The maximum Gasteiger partial charge on any atom is 0.211 e. The zero-order valence-corrected chi connectivity index (χ0v) is 12.8. The summed E-state index contributed by atoms with van der Waals surface area (Å²) in [7, 11) is -3.13. The Labute approximate surface area is 125 Å². The third-order valence-corrected chi connectivity index (χ3v) is 5.39. The fourth-order valence-electron chi connectivity index (χ4n) is 3.11. The second-order valence-corrected chi connectivity index (χ2v) is 7.54. The largest absolute Gasteiger partial charge is 0.489 e. The molecule has 0 N–H and O–H groups in total. The van der Waals surface area contributed by atoms with Gasteiger partial charge >= 0.3 is 0 Å². The predicted octanol–water partition coefficient (Wildman–Crippen LogP) is 1.04. The summed E-state index contributed by atoms with van der Waals surface area (Å²) in [4.78, 5) is 4.00. The minimum Gasteiger partial charge on any atom is -0.489 e. The third kappa shape index (κ3) is 3.36. The summed E-state index contributed by atoms with van der Waals surface area (Å²) >= 11 is 0. The summed E-state index contributed by atoms with van der Waals surface area (Å²) in [6.07, 6.45) is 7.07. The van der Waals surface area contributed by atoms with Gasteiger partial charge in [-0.05, 0) is 31.4 Å². The van der Waals surface area contributed by atoms with Crippen LogP contribution in [0.25, 0.3) is 0 Å². The first-order valence-electron chi connectivity index (χ1n) is 7.19. The second-order valence-electron chi connectivity index (χ2n) is 5.60. The van der Waals surface area contributed by atoms with Gasteiger partial charge in [0.2, 0.25) is 10.0 Å². The Morgan fingerprint density at radius 1 is 1.43 bits per heavy atom. The number of rotatable bonds is 4. The Morgan fingerprint density at radius 2 is 2.29 bits per heavy atom. The molecule has 3 heterocycles. The van der Waals surface area contributed by atoms with Crippen LogP contribution < -0.4 is 4.74 Å². The zero-order valence-electron chi connectivity index (χ0n) is 12.0. The van der Waals surface area contributed by atoms with Crippen LogP contribution in [0.15, 0.2) is 24.5 Å². The molecule has 7 heteroatoms. The van der Waals surface area contributed by atoms with Crippen molar-refractivity contribution in [3.63, 3.8) is 0 Å². The van der Waals surface area contributed by atoms with Crippen LogP contribution in [-0.4, -0.2) is 55.4 Å². The van der Waals surface area contributed by atoms with Crippen LogP contribution in [0.2, 0.25) is 0 Å². The molecule has 0 unspecified atom stereocenters. The number of hydrogen-bond acceptors (Lipinski definition) is 5. The highest BCUT2D eigenvalue weighted by atomic mass is 32.2. The van der Waals surface area contributed by atoms with Crippen molar-refractivity contribution in [1.29, 1.82) is 0 Å². The highest BCUT2D eigenvalue weighted by Crippen LogP contribution is 2.33. The fraction of sp³-hybridized carbons (Fsp3) is 0.643. The van der Waals surface area contributed by atoms with Crippen LogP contribution in [0.4, 0.5) is 0 Å². The van der Waals surface area contributed by atoms with Crippen molar-refractivity contribution >= 4 is 10.0 Å². The van der Waals surface area contributed by atoms with E-state index in [1.807, 2.05) is 12.1 Å². The highest BCUT2D eigenvalue weighted by Gasteiger charge is 2.43. The number of pyridine rings is 1. The molecule has 0 amide bonds. The second kappa shape index (κ2) is 5.90. The Balaban J connectivity index is 1.55. The number of aromatic nitrogens is 1. The lowest BCUT2D eigenvalue weighted by molar-refractivity contribution is -0.0766. The van der Waals surface area contributed by atoms with Gasteiger partial charge in [-0.1, -0.05) is 0 Å². The van der Waals surface area contributed by atoms with Gasteiger partial charge in [0, 0.05) is 12.7 Å². The molecular weight excluding hydrogens is 292 g/mol. The van der Waals surface area contributed by atoms with Crippen molar-refractivity contribution in [2.75, 3.05) is 19.4 Å². The summed E-state index contributed by atoms with van der Waals surface area (Å²) < 4.78 is 36.7. The maximum absolute atomic E-state index is 11.7. The van der Waals surface area contributed by atoms with Gasteiger partial charge in [0.05, 0.1) is 30.7 Å². The molecule has 2 aliphatic rings. The summed E-state index contributed by atoms with van der Waals surface area (Å²) in [5, 5.41) is 0. The highest BCUT2D eigenvalue weighted by molar-refractivity contribution is 7.88. The molecule has 116 valence electrons. The van der Waals surface area contributed by atoms with Gasteiger partial charge in [0.1, 0.15) is 12.4 Å². The molecule has 2 saturated heterocycles. The number of nitrogens with zero attached hydrogens (tertiary/aromatic N) is 2. The first-order chi connectivity index (χ1) is 10.0. The number of ether oxygens (including phenoxy) is 2. The van der Waals surface area contributed by atoms with Crippen molar-refractivity contribution in [2.24, 2.45) is 0 Å². The van der Waals surface area contributed by atoms with Gasteiger partial charge in [0.15, 0.2) is 0 Å². The minimum absolute atomic E-state index is 0.00373. The zero-order chi connectivity index (χ0) is 14.9. The smallest absolute Gasteiger partial charge is 0.211 e. The van der Waals surface area contributed by atoms with E-state index in [2.05, 4.69) is 4.98 Å². The van der Waals surface area contributed by atoms with Crippen molar-refractivity contribution in [3.05, 3.63) is 24.5 Å². The Bertz CT molecular complexity index is 578. The summed E-state index contributed by atoms with van der Waals surface area (Å²) in [6, 6.07) is 3.68. The molecule has 0 spiro atoms. The van der Waals surface area contributed by atoms with Crippen LogP contribution in [0.5, 0.6) is 5.75 Å². The van der Waals surface area contributed by atoms with E-state index in [1.165, 1.54) is 6.26 Å². The molecule has 1 aromatic rings. The van der Waals surface area contributed by atoms with Gasteiger partial charge in [-0.25, -0.2) is 8.42 Å². The van der Waals surface area contributed by atoms with Gasteiger partial charge in [-0.15, -0.1) is 0 Å². The van der Waals surface area contributed by atoms with Crippen LogP contribution in [0.3, 0.4) is 0 Å². The van der Waals surface area contributed by atoms with E-state index in [4.69, 9.17) is 9.47 Å². The lowest BCUT2D eigenvalue weighted by atomic mass is 10.0. The lowest BCUT2D eigenvalue weighted by Crippen LogP contribution is -2.45. The van der Waals surface area contributed by atoms with Crippen LogP contribution >= 0.6 is 0 Å². The number of sulfonamides is 1. The van der Waals surface area contributed by atoms with Crippen molar-refractivity contribution in [2.45, 2.75) is 37.5 Å². The van der Waals surface area contributed by atoms with Crippen LogP contribution in [0.1, 0.15) is 19.3 Å². The SMILES string of the molecule is CS(=O)(=O)N1CC[C@@H]2O[C@@H](COc3cccnc3)CC[C@@H]21. The molecule has 0 aliphatic carbocycles. The normalized spacial score (nSPS) is 30.0. The van der Waals surface area contributed by atoms with Crippen molar-refractivity contribution in [3.8, 4) is 5.75 Å². The van der Waals surface area contributed by atoms with Gasteiger partial charge in [0.25, 0.3) is 0 Å². The Kier molecular flexibility index (Phi) is 4.14. The fourth-order valence-corrected chi connectivity index (χ4v) is 4.28. The van der Waals surface area contributed by atoms with Gasteiger partial charge < -0.3 is 9.47 Å². The minimum atomic E-state index is -3.13. The molecule has 0 bridgehead atoms. The molecule has 3 rings (SSSR count). The van der Waals surface area contributed by atoms with E-state index in [0.717, 1.165) is 25.0 Å². The lowest BCUT2D eigenvalue weighted by Gasteiger charge is -2.34. The van der Waals surface area contributed by atoms with E-state index in [0.29, 0.717) is 13.2 Å². The number of fused-ring (bicyclic) bond motifs is 1. The Morgan fingerprint density at radius 3 is 3.00 bits per heavy atom. The first kappa shape index (κ1) is 14.7. The average molecular weight is 312 g/mol. The van der Waals surface area contributed by atoms with Crippen molar-refractivity contribution < 1.29 is 17.9 Å². The summed E-state index contributed by atoms with van der Waals surface area (Å²) in [5.41, 5.74) is 0. The molecule has 0 saturated carbocycles. The first-order valence-corrected chi connectivity index (χ1v) is 9.04. The van der Waals surface area contributed by atoms with Crippen LogP contribution in [0, 0.1) is 0 Å². The molecule has 1 aromatic heterocycles. The van der Waals surface area contributed by atoms with Crippen LogP contribution in [-0.2, 0) is 14.8 Å². The summed E-state index contributed by atoms with van der Waals surface area (Å²) in [6.45, 7) is 1.04. The van der Waals surface area contributed by atoms with Crippen molar-refractivity contribution in [1.82, 2.24) is 9.29 Å². The average Bonchev–Trinajstić information content (AvgIpc) is 2.89. The standard InChI is InChI=1S/C14H20N2O4S/c1-21(17,18)16-8-6-14-13(16)5-4-12(20-14)10-19-11-3-2-7-15-9-11/h2-3,7,9,12-14H,4-6,8,10H2,1H3/t12-,13+,14+/m1/s1. The molecular formula is C14H20N2O4S. The van der Waals surface area contributed by atoms with E-state index in [9.17, 15) is 8.42 Å². The molecule has 3 atom stereocenters. The van der Waals surface area contributed by atoms with E-state index in [-0.39, 0.29) is 18.2 Å². The summed E-state index contributed by atoms with van der Waals surface area (Å²) in [5.74, 6) is 0.729. The quantitative estimate of drug-likeness (QED) is 0.831. The topological polar surface area (TPSA) is 68.7 Å². The Hall–Kier alpha value is -1.18. The van der Waals surface area contributed by atoms with Gasteiger partial charge in [-0.2, -0.15) is 4.31 Å². The molecule has 2 aliphatic heterocycles. The molecule has 0 aromatic carbocycles. The monoisotopic (exact) mass is 312 g/mol. The molecule has 0 radical (unpaired) electrons. The maximum atomic E-state index is 11.7.